The normalized spacial score (nSPS) is 13.3. The molecule has 0 atom stereocenters. The van der Waals surface area contributed by atoms with Gasteiger partial charge in [-0.3, -0.25) is 14.4 Å². The van der Waals surface area contributed by atoms with Gasteiger partial charge in [0.15, 0.2) is 0 Å². The largest absolute Gasteiger partial charge is 0.366 e. The molecule has 0 bridgehead atoms. The van der Waals surface area contributed by atoms with E-state index in [-0.39, 0.29) is 17.0 Å². The maximum absolute atomic E-state index is 13.0. The molecule has 0 spiro atoms. The van der Waals surface area contributed by atoms with Crippen LogP contribution in [0.15, 0.2) is 30.3 Å². The molecule has 5 nitrogen and oxygen atoms in total. The molecule has 0 unspecified atom stereocenters. The van der Waals surface area contributed by atoms with Crippen molar-refractivity contribution in [2.24, 2.45) is 5.73 Å². The van der Waals surface area contributed by atoms with Crippen molar-refractivity contribution >= 4 is 23.4 Å². The van der Waals surface area contributed by atoms with Crippen LogP contribution in [0.1, 0.15) is 61.1 Å². The van der Waals surface area contributed by atoms with E-state index in [1.54, 1.807) is 0 Å². The summed E-state index contributed by atoms with van der Waals surface area (Å²) in [5.41, 5.74) is 9.64. The fraction of sp³-hybridized carbons (Fsp3) is 0.250. The lowest BCUT2D eigenvalue weighted by molar-refractivity contribution is 0.0924. The van der Waals surface area contributed by atoms with Gasteiger partial charge in [-0.2, -0.15) is 0 Å². The number of benzene rings is 2. The van der Waals surface area contributed by atoms with Crippen LogP contribution in [0.5, 0.6) is 0 Å². The minimum absolute atomic E-state index is 0.219. The van der Waals surface area contributed by atoms with Crippen LogP contribution in [0.3, 0.4) is 0 Å². The summed E-state index contributed by atoms with van der Waals surface area (Å²) in [7, 11) is 0. The molecule has 0 saturated carbocycles. The van der Waals surface area contributed by atoms with Gasteiger partial charge in [0.1, 0.15) is 0 Å². The number of rotatable bonds is 4. The fourth-order valence-electron chi connectivity index (χ4n) is 3.33. The van der Waals surface area contributed by atoms with Crippen molar-refractivity contribution in [1.82, 2.24) is 0 Å². The van der Waals surface area contributed by atoms with Crippen molar-refractivity contribution < 1.29 is 14.4 Å². The Bertz CT molecular complexity index is 915. The van der Waals surface area contributed by atoms with Crippen LogP contribution in [-0.2, 0) is 6.42 Å². The van der Waals surface area contributed by atoms with E-state index in [2.05, 4.69) is 6.92 Å². The minimum atomic E-state index is -0.625. The van der Waals surface area contributed by atoms with Crippen molar-refractivity contribution in [2.45, 2.75) is 33.6 Å². The molecular formula is C20H20N2O3. The Kier molecular flexibility index (Phi) is 4.17. The van der Waals surface area contributed by atoms with Crippen LogP contribution in [-0.4, -0.2) is 17.7 Å². The van der Waals surface area contributed by atoms with Gasteiger partial charge in [-0.1, -0.05) is 25.5 Å². The van der Waals surface area contributed by atoms with Gasteiger partial charge in [-0.15, -0.1) is 0 Å². The number of carbonyl (C=O) groups excluding carboxylic acids is 3. The topological polar surface area (TPSA) is 80.5 Å². The third-order valence-corrected chi connectivity index (χ3v) is 4.61. The zero-order chi connectivity index (χ0) is 18.3. The highest BCUT2D eigenvalue weighted by Gasteiger charge is 2.38. The summed E-state index contributed by atoms with van der Waals surface area (Å²) >= 11 is 0. The predicted molar refractivity (Wildman–Crippen MR) is 96.0 cm³/mol. The number of imide groups is 1. The number of carbonyl (C=O) groups is 3. The molecule has 1 heterocycles. The molecule has 5 heteroatoms. The molecule has 1 aliphatic rings. The monoisotopic (exact) mass is 336 g/mol. The average Bonchev–Trinajstić information content (AvgIpc) is 2.83. The molecule has 3 rings (SSSR count). The smallest absolute Gasteiger partial charge is 0.266 e. The Morgan fingerprint density at radius 3 is 2.28 bits per heavy atom. The first-order valence-electron chi connectivity index (χ1n) is 8.28. The Morgan fingerprint density at radius 2 is 1.64 bits per heavy atom. The second-order valence-corrected chi connectivity index (χ2v) is 6.35. The number of nitrogens with zero attached hydrogens (tertiary/aromatic N) is 1. The van der Waals surface area contributed by atoms with Crippen molar-refractivity contribution in [1.29, 1.82) is 0 Å². The minimum Gasteiger partial charge on any atom is -0.366 e. The summed E-state index contributed by atoms with van der Waals surface area (Å²) in [5, 5.41) is 0. The summed E-state index contributed by atoms with van der Waals surface area (Å²) in [4.78, 5) is 38.5. The first-order chi connectivity index (χ1) is 11.9. The molecule has 2 N–H and O–H groups in total. The number of fused-ring (bicyclic) bond motifs is 1. The highest BCUT2D eigenvalue weighted by Crippen LogP contribution is 2.35. The Hall–Kier alpha value is -2.95. The summed E-state index contributed by atoms with van der Waals surface area (Å²) in [6.07, 6.45) is 1.69. The van der Waals surface area contributed by atoms with E-state index < -0.39 is 11.8 Å². The van der Waals surface area contributed by atoms with E-state index in [1.807, 2.05) is 26.0 Å². The maximum atomic E-state index is 13.0. The zero-order valence-electron chi connectivity index (χ0n) is 14.6. The lowest BCUT2D eigenvalue weighted by Gasteiger charge is -2.22. The van der Waals surface area contributed by atoms with E-state index in [0.717, 1.165) is 29.5 Å². The molecular weight excluding hydrogens is 316 g/mol. The molecule has 2 aromatic rings. The number of hydrogen-bond acceptors (Lipinski definition) is 3. The van der Waals surface area contributed by atoms with Crippen LogP contribution >= 0.6 is 0 Å². The molecule has 2 aromatic carbocycles. The summed E-state index contributed by atoms with van der Waals surface area (Å²) < 4.78 is 0. The number of anilines is 1. The molecule has 0 aromatic heterocycles. The molecule has 128 valence electrons. The molecule has 1 aliphatic heterocycles. The predicted octanol–water partition coefficient (Wildman–Crippen LogP) is 3.16. The maximum Gasteiger partial charge on any atom is 0.266 e. The number of hydrogen-bond donors (Lipinski definition) is 1. The van der Waals surface area contributed by atoms with Crippen molar-refractivity contribution in [3.05, 3.63) is 63.7 Å². The highest BCUT2D eigenvalue weighted by atomic mass is 16.2. The zero-order valence-corrected chi connectivity index (χ0v) is 14.6. The van der Waals surface area contributed by atoms with Crippen LogP contribution < -0.4 is 10.6 Å². The molecule has 3 amide bonds. The van der Waals surface area contributed by atoms with E-state index >= 15 is 0 Å². The van der Waals surface area contributed by atoms with E-state index in [0.29, 0.717) is 11.3 Å². The standard InChI is InChI=1S/C20H20N2O3/c1-4-5-14-11(2)6-7-12(3)17(14)22-19(24)15-9-8-13(18(21)23)10-16(15)20(22)25/h6-10H,4-5H2,1-3H3,(H2,21,23). The van der Waals surface area contributed by atoms with Crippen LogP contribution in [0, 0.1) is 13.8 Å². The van der Waals surface area contributed by atoms with Gasteiger partial charge in [0, 0.05) is 5.56 Å². The van der Waals surface area contributed by atoms with E-state index in [1.165, 1.54) is 23.1 Å². The van der Waals surface area contributed by atoms with Crippen molar-refractivity contribution in [3.63, 3.8) is 0 Å². The second kappa shape index (κ2) is 6.16. The van der Waals surface area contributed by atoms with Gasteiger partial charge in [0.2, 0.25) is 5.91 Å². The van der Waals surface area contributed by atoms with Crippen LogP contribution in [0.2, 0.25) is 0 Å². The van der Waals surface area contributed by atoms with Gasteiger partial charge in [0.25, 0.3) is 11.8 Å². The third-order valence-electron chi connectivity index (χ3n) is 4.61. The van der Waals surface area contributed by atoms with Gasteiger partial charge >= 0.3 is 0 Å². The summed E-state index contributed by atoms with van der Waals surface area (Å²) in [6, 6.07) is 8.31. The number of primary amides is 1. The Morgan fingerprint density at radius 1 is 1.00 bits per heavy atom. The number of nitrogens with two attached hydrogens (primary N) is 1. The average molecular weight is 336 g/mol. The van der Waals surface area contributed by atoms with E-state index in [4.69, 9.17) is 5.73 Å². The molecule has 0 aliphatic carbocycles. The van der Waals surface area contributed by atoms with Crippen molar-refractivity contribution in [3.8, 4) is 0 Å². The molecule has 0 saturated heterocycles. The molecule has 0 fully saturated rings. The Labute approximate surface area is 146 Å². The fourth-order valence-corrected chi connectivity index (χ4v) is 3.33. The molecule has 0 radical (unpaired) electrons. The number of amides is 3. The summed E-state index contributed by atoms with van der Waals surface area (Å²) in [5.74, 6) is -1.39. The summed E-state index contributed by atoms with van der Waals surface area (Å²) in [6.45, 7) is 5.94. The van der Waals surface area contributed by atoms with Crippen LogP contribution in [0.4, 0.5) is 5.69 Å². The van der Waals surface area contributed by atoms with Gasteiger partial charge in [-0.05, 0) is 55.2 Å². The van der Waals surface area contributed by atoms with Gasteiger partial charge < -0.3 is 5.73 Å². The Balaban J connectivity index is 2.18. The van der Waals surface area contributed by atoms with E-state index in [9.17, 15) is 14.4 Å². The lowest BCUT2D eigenvalue weighted by Crippen LogP contribution is -2.31. The third kappa shape index (κ3) is 2.61. The highest BCUT2D eigenvalue weighted by molar-refractivity contribution is 6.35. The SMILES string of the molecule is CCCc1c(C)ccc(C)c1N1C(=O)c2ccc(C(N)=O)cc2C1=O. The quantitative estimate of drug-likeness (QED) is 0.871. The second-order valence-electron chi connectivity index (χ2n) is 6.35. The number of aryl methyl sites for hydroxylation is 2. The van der Waals surface area contributed by atoms with Crippen molar-refractivity contribution in [2.75, 3.05) is 4.90 Å². The molecule has 25 heavy (non-hydrogen) atoms. The lowest BCUT2D eigenvalue weighted by atomic mass is 9.97. The first kappa shape index (κ1) is 16.9. The first-order valence-corrected chi connectivity index (χ1v) is 8.28. The van der Waals surface area contributed by atoms with Crippen LogP contribution in [0.25, 0.3) is 0 Å². The van der Waals surface area contributed by atoms with Gasteiger partial charge in [-0.25, -0.2) is 4.90 Å². The van der Waals surface area contributed by atoms with Gasteiger partial charge in [0.05, 0.1) is 16.8 Å².